The highest BCUT2D eigenvalue weighted by Crippen LogP contribution is 2.39. The molecular formula is C36H39ClO11S. The van der Waals surface area contributed by atoms with Gasteiger partial charge in [-0.25, -0.2) is 0 Å². The molecule has 2 aliphatic heterocycles. The van der Waals surface area contributed by atoms with Crippen molar-refractivity contribution in [1.29, 1.82) is 0 Å². The van der Waals surface area contributed by atoms with E-state index >= 15 is 0 Å². The van der Waals surface area contributed by atoms with E-state index in [4.69, 9.17) is 44.8 Å². The molecular weight excluding hydrogens is 676 g/mol. The van der Waals surface area contributed by atoms with Gasteiger partial charge in [-0.3, -0.25) is 19.2 Å². The Morgan fingerprint density at radius 1 is 0.816 bits per heavy atom. The van der Waals surface area contributed by atoms with Crippen LogP contribution in [-0.4, -0.2) is 67.8 Å². The molecule has 0 amide bonds. The smallest absolute Gasteiger partial charge is 0.303 e. The zero-order valence-electron chi connectivity index (χ0n) is 27.7. The van der Waals surface area contributed by atoms with Gasteiger partial charge in [-0.2, -0.15) is 0 Å². The standard InChI is InChI=1S/C36H39ClO11S/c1-20(38)43-19-30-34(44-21(2)39)36(46-23(4)41)35(45-22(3)40)33(48-30)25-10-14-29(37)26(17-25)18-28-13-15-31(49-28)24-8-11-27(12-9-24)47-32-7-5-6-16-42-32/h8-15,17,30,32-36H,5-7,16,18-19H2,1-4H3/t30-,32?,33+,34-,35+,36+/m1/s1. The molecule has 0 saturated carbocycles. The van der Waals surface area contributed by atoms with Gasteiger partial charge in [0.15, 0.2) is 24.6 Å². The molecule has 3 aromatic rings. The number of halogens is 1. The molecule has 0 N–H and O–H groups in total. The summed E-state index contributed by atoms with van der Waals surface area (Å²) in [5.41, 5.74) is 2.38. The van der Waals surface area contributed by atoms with Gasteiger partial charge in [0.05, 0.1) is 6.61 Å². The number of hydrogen-bond donors (Lipinski definition) is 0. The second kappa shape index (κ2) is 16.6. The van der Waals surface area contributed by atoms with Gasteiger partial charge in [0.25, 0.3) is 0 Å². The highest BCUT2D eigenvalue weighted by Gasteiger charge is 2.52. The lowest BCUT2D eigenvalue weighted by atomic mass is 9.89. The largest absolute Gasteiger partial charge is 0.465 e. The van der Waals surface area contributed by atoms with E-state index in [9.17, 15) is 19.2 Å². The summed E-state index contributed by atoms with van der Waals surface area (Å²) < 4.78 is 40.0. The van der Waals surface area contributed by atoms with Crippen molar-refractivity contribution in [2.45, 2.75) is 90.2 Å². The molecule has 1 aromatic heterocycles. The first-order chi connectivity index (χ1) is 23.5. The van der Waals surface area contributed by atoms with Crippen LogP contribution in [0.2, 0.25) is 5.02 Å². The maximum Gasteiger partial charge on any atom is 0.303 e. The van der Waals surface area contributed by atoms with Crippen molar-refractivity contribution in [1.82, 2.24) is 0 Å². The Morgan fingerprint density at radius 2 is 1.51 bits per heavy atom. The predicted molar refractivity (Wildman–Crippen MR) is 179 cm³/mol. The average Bonchev–Trinajstić information content (AvgIpc) is 3.52. The van der Waals surface area contributed by atoms with E-state index in [1.54, 1.807) is 23.5 Å². The first-order valence-electron chi connectivity index (χ1n) is 16.0. The van der Waals surface area contributed by atoms with Crippen LogP contribution in [0.25, 0.3) is 10.4 Å². The molecule has 262 valence electrons. The Bertz CT molecular complexity index is 1630. The van der Waals surface area contributed by atoms with Crippen LogP contribution >= 0.6 is 22.9 Å². The van der Waals surface area contributed by atoms with Crippen molar-refractivity contribution in [3.8, 4) is 16.2 Å². The lowest BCUT2D eigenvalue weighted by molar-refractivity contribution is -0.254. The summed E-state index contributed by atoms with van der Waals surface area (Å²) in [6.07, 6.45) is -2.46. The summed E-state index contributed by atoms with van der Waals surface area (Å²) in [7, 11) is 0. The second-order valence-corrected chi connectivity index (χ2v) is 13.4. The Balaban J connectivity index is 1.39. The first-order valence-corrected chi connectivity index (χ1v) is 17.2. The quantitative estimate of drug-likeness (QED) is 0.162. The zero-order valence-corrected chi connectivity index (χ0v) is 29.3. The fourth-order valence-corrected chi connectivity index (χ4v) is 7.09. The summed E-state index contributed by atoms with van der Waals surface area (Å²) in [4.78, 5) is 50.5. The van der Waals surface area contributed by atoms with E-state index in [0.717, 1.165) is 52.5 Å². The molecule has 13 heteroatoms. The van der Waals surface area contributed by atoms with Crippen LogP contribution in [0.3, 0.4) is 0 Å². The minimum atomic E-state index is -1.27. The summed E-state index contributed by atoms with van der Waals surface area (Å²) in [5, 5.41) is 0.510. The van der Waals surface area contributed by atoms with E-state index in [0.29, 0.717) is 17.0 Å². The third-order valence-corrected chi connectivity index (χ3v) is 9.46. The van der Waals surface area contributed by atoms with Gasteiger partial charge in [0.1, 0.15) is 24.6 Å². The summed E-state index contributed by atoms with van der Waals surface area (Å²) in [6, 6.07) is 17.3. The monoisotopic (exact) mass is 714 g/mol. The van der Waals surface area contributed by atoms with Gasteiger partial charge in [-0.1, -0.05) is 23.7 Å². The number of ether oxygens (including phenoxy) is 7. The molecule has 0 radical (unpaired) electrons. The van der Waals surface area contributed by atoms with Gasteiger partial charge in [0, 0.05) is 55.3 Å². The normalized spacial score (nSPS) is 23.6. The number of hydrogen-bond acceptors (Lipinski definition) is 12. The van der Waals surface area contributed by atoms with Crippen LogP contribution in [0.4, 0.5) is 0 Å². The van der Waals surface area contributed by atoms with Gasteiger partial charge in [0.2, 0.25) is 0 Å². The molecule has 2 saturated heterocycles. The van der Waals surface area contributed by atoms with Gasteiger partial charge in [-0.05, 0) is 72.0 Å². The molecule has 3 heterocycles. The molecule has 1 unspecified atom stereocenters. The number of thiophene rings is 1. The van der Waals surface area contributed by atoms with Crippen molar-refractivity contribution >= 4 is 46.8 Å². The second-order valence-electron chi connectivity index (χ2n) is 11.9. The zero-order chi connectivity index (χ0) is 35.1. The van der Waals surface area contributed by atoms with Crippen LogP contribution < -0.4 is 4.74 Å². The van der Waals surface area contributed by atoms with Crippen LogP contribution in [0, 0.1) is 0 Å². The first kappa shape index (κ1) is 36.3. The van der Waals surface area contributed by atoms with E-state index in [2.05, 4.69) is 6.07 Å². The molecule has 0 aliphatic carbocycles. The molecule has 2 fully saturated rings. The molecule has 6 atom stereocenters. The maximum atomic E-state index is 12.3. The Labute approximate surface area is 293 Å². The molecule has 0 bridgehead atoms. The molecule has 11 nitrogen and oxygen atoms in total. The highest BCUT2D eigenvalue weighted by atomic mass is 35.5. The van der Waals surface area contributed by atoms with Gasteiger partial charge < -0.3 is 33.2 Å². The van der Waals surface area contributed by atoms with E-state index < -0.39 is 54.4 Å². The predicted octanol–water partition coefficient (Wildman–Crippen LogP) is 6.36. The van der Waals surface area contributed by atoms with E-state index in [1.807, 2.05) is 36.4 Å². The van der Waals surface area contributed by atoms with Gasteiger partial charge >= 0.3 is 23.9 Å². The number of rotatable bonds is 11. The van der Waals surface area contributed by atoms with Crippen LogP contribution in [-0.2, 0) is 54.0 Å². The van der Waals surface area contributed by atoms with Crippen LogP contribution in [0.5, 0.6) is 5.75 Å². The number of carbonyl (C=O) groups is 4. The molecule has 2 aliphatic rings. The Morgan fingerprint density at radius 3 is 2.16 bits per heavy atom. The topological polar surface area (TPSA) is 133 Å². The Hall–Kier alpha value is -3.97. The van der Waals surface area contributed by atoms with Crippen LogP contribution in [0.15, 0.2) is 54.6 Å². The molecule has 0 spiro atoms. The van der Waals surface area contributed by atoms with Crippen molar-refractivity contribution < 1.29 is 52.3 Å². The van der Waals surface area contributed by atoms with Crippen LogP contribution in [0.1, 0.15) is 69.1 Å². The number of benzene rings is 2. The fourth-order valence-electron chi connectivity index (χ4n) is 5.87. The average molecular weight is 715 g/mol. The molecule has 2 aromatic carbocycles. The van der Waals surface area contributed by atoms with E-state index in [-0.39, 0.29) is 12.9 Å². The lowest BCUT2D eigenvalue weighted by Crippen LogP contribution is -2.59. The highest BCUT2D eigenvalue weighted by molar-refractivity contribution is 7.15. The number of esters is 4. The third-order valence-electron chi connectivity index (χ3n) is 7.96. The maximum absolute atomic E-state index is 12.3. The summed E-state index contributed by atoms with van der Waals surface area (Å²) in [5.74, 6) is -1.88. The van der Waals surface area contributed by atoms with Crippen molar-refractivity contribution in [3.63, 3.8) is 0 Å². The SMILES string of the molecule is CC(=O)OC[C@H]1O[C@@H](c2ccc(Cl)c(Cc3ccc(-c4ccc(OC5CCCCO5)cc4)s3)c2)[C@H](OC(C)=O)[C@@H](OC(C)=O)[C@@H]1OC(C)=O. The summed E-state index contributed by atoms with van der Waals surface area (Å²) in [6.45, 7) is 5.21. The Kier molecular flexibility index (Phi) is 12.3. The van der Waals surface area contributed by atoms with Crippen molar-refractivity contribution in [2.24, 2.45) is 0 Å². The molecule has 49 heavy (non-hydrogen) atoms. The number of carbonyl (C=O) groups excluding carboxylic acids is 4. The van der Waals surface area contributed by atoms with Gasteiger partial charge in [-0.15, -0.1) is 11.3 Å². The molecule has 5 rings (SSSR count). The fraction of sp³-hybridized carbons (Fsp3) is 0.444. The summed E-state index contributed by atoms with van der Waals surface area (Å²) >= 11 is 8.31. The van der Waals surface area contributed by atoms with E-state index in [1.165, 1.54) is 27.7 Å². The minimum absolute atomic E-state index is 0.209. The third kappa shape index (κ3) is 9.81. The lowest BCUT2D eigenvalue weighted by Gasteiger charge is -2.44. The van der Waals surface area contributed by atoms with Crippen molar-refractivity contribution in [2.75, 3.05) is 13.2 Å². The van der Waals surface area contributed by atoms with Crippen molar-refractivity contribution in [3.05, 3.63) is 75.6 Å². The minimum Gasteiger partial charge on any atom is -0.465 e.